The van der Waals surface area contributed by atoms with Gasteiger partial charge in [-0.25, -0.2) is 17.6 Å². The summed E-state index contributed by atoms with van der Waals surface area (Å²) in [4.78, 5) is 13.4. The van der Waals surface area contributed by atoms with Gasteiger partial charge in [0.15, 0.2) is 9.84 Å². The number of carbonyl (C=O) groups is 1. The fraction of sp³-hybridized carbons (Fsp3) is 0.417. The Bertz CT molecular complexity index is 571. The first-order chi connectivity index (χ1) is 8.86. The van der Waals surface area contributed by atoms with E-state index in [-0.39, 0.29) is 18.4 Å². The van der Waals surface area contributed by atoms with Crippen molar-refractivity contribution < 1.29 is 17.6 Å². The van der Waals surface area contributed by atoms with Crippen molar-refractivity contribution in [2.24, 2.45) is 0 Å². The lowest BCUT2D eigenvalue weighted by molar-refractivity contribution is 0.222. The lowest BCUT2D eigenvalue weighted by atomic mass is 10.3. The average molecular weight is 286 g/mol. The lowest BCUT2D eigenvalue weighted by Gasteiger charge is -2.17. The molecule has 1 heterocycles. The molecule has 0 bridgehead atoms. The number of urea groups is 1. The maximum Gasteiger partial charge on any atom is 0.321 e. The third kappa shape index (κ3) is 3.44. The molecule has 1 aromatic rings. The average Bonchev–Trinajstić information content (AvgIpc) is 2.81. The number of carbonyl (C=O) groups excluding carboxylic acids is 1. The largest absolute Gasteiger partial charge is 0.323 e. The van der Waals surface area contributed by atoms with Crippen molar-refractivity contribution in [3.8, 4) is 0 Å². The summed E-state index contributed by atoms with van der Waals surface area (Å²) in [5, 5.41) is 2.11. The van der Waals surface area contributed by atoms with Gasteiger partial charge in [-0.05, 0) is 30.7 Å². The molecule has 1 aromatic carbocycles. The summed E-state index contributed by atoms with van der Waals surface area (Å²) >= 11 is 0. The predicted molar refractivity (Wildman–Crippen MR) is 70.2 cm³/mol. The molecule has 0 aromatic heterocycles. The summed E-state index contributed by atoms with van der Waals surface area (Å²) in [6.07, 6.45) is 1.63. The zero-order valence-electron chi connectivity index (χ0n) is 10.5. The Kier molecular flexibility index (Phi) is 3.75. The highest BCUT2D eigenvalue weighted by Crippen LogP contribution is 2.17. The van der Waals surface area contributed by atoms with Crippen LogP contribution in [0, 0.1) is 5.82 Å². The molecule has 104 valence electrons. The van der Waals surface area contributed by atoms with Crippen molar-refractivity contribution in [3.63, 3.8) is 0 Å². The number of hydrogen-bond acceptors (Lipinski definition) is 3. The molecule has 1 aliphatic rings. The zero-order chi connectivity index (χ0) is 14.0. The summed E-state index contributed by atoms with van der Waals surface area (Å²) in [7, 11) is -3.12. The highest BCUT2D eigenvalue weighted by molar-refractivity contribution is 7.91. The van der Waals surface area contributed by atoms with E-state index in [2.05, 4.69) is 5.32 Å². The van der Waals surface area contributed by atoms with Crippen molar-refractivity contribution in [1.29, 1.82) is 0 Å². The Labute approximate surface area is 111 Å². The summed E-state index contributed by atoms with van der Waals surface area (Å²) in [5.74, 6) is -0.378. The Morgan fingerprint density at radius 1 is 1.37 bits per heavy atom. The van der Waals surface area contributed by atoms with Gasteiger partial charge in [0.2, 0.25) is 0 Å². The van der Waals surface area contributed by atoms with Crippen molar-refractivity contribution >= 4 is 21.6 Å². The van der Waals surface area contributed by atoms with Crippen LogP contribution in [0.5, 0.6) is 0 Å². The van der Waals surface area contributed by atoms with E-state index in [1.807, 2.05) is 0 Å². The number of nitrogens with one attached hydrogen (secondary N) is 1. The number of sulfone groups is 1. The molecule has 7 heteroatoms. The van der Waals surface area contributed by atoms with Gasteiger partial charge in [0, 0.05) is 25.0 Å². The molecule has 1 atom stereocenters. The van der Waals surface area contributed by atoms with Crippen LogP contribution in [0.3, 0.4) is 0 Å². The van der Waals surface area contributed by atoms with Crippen LogP contribution in [0.15, 0.2) is 24.3 Å². The summed E-state index contributed by atoms with van der Waals surface area (Å²) in [6, 6.07) is 5.05. The monoisotopic (exact) mass is 286 g/mol. The van der Waals surface area contributed by atoms with Gasteiger partial charge >= 0.3 is 6.03 Å². The summed E-state index contributed by atoms with van der Waals surface area (Å²) in [5.41, 5.74) is 0.481. The predicted octanol–water partition coefficient (Wildman–Crippen LogP) is 1.48. The topological polar surface area (TPSA) is 66.5 Å². The molecule has 0 radical (unpaired) electrons. The zero-order valence-corrected chi connectivity index (χ0v) is 11.3. The normalized spacial score (nSPS) is 19.5. The molecule has 1 fully saturated rings. The van der Waals surface area contributed by atoms with Gasteiger partial charge in [0.05, 0.1) is 5.25 Å². The van der Waals surface area contributed by atoms with Gasteiger partial charge in [-0.3, -0.25) is 0 Å². The van der Waals surface area contributed by atoms with Crippen LogP contribution in [0.25, 0.3) is 0 Å². The first-order valence-electron chi connectivity index (χ1n) is 5.86. The third-order valence-electron chi connectivity index (χ3n) is 3.13. The number of anilines is 1. The van der Waals surface area contributed by atoms with E-state index >= 15 is 0 Å². The molecule has 1 unspecified atom stereocenters. The molecule has 5 nitrogen and oxygen atoms in total. The Hall–Kier alpha value is -1.63. The van der Waals surface area contributed by atoms with Gasteiger partial charge in [-0.1, -0.05) is 0 Å². The quantitative estimate of drug-likeness (QED) is 0.895. The second-order valence-electron chi connectivity index (χ2n) is 4.62. The Morgan fingerprint density at radius 2 is 2.00 bits per heavy atom. The van der Waals surface area contributed by atoms with Crippen LogP contribution in [-0.2, 0) is 9.84 Å². The van der Waals surface area contributed by atoms with Gasteiger partial charge in [0.1, 0.15) is 5.82 Å². The molecule has 0 spiro atoms. The van der Waals surface area contributed by atoms with Crippen molar-refractivity contribution in [2.75, 3.05) is 24.7 Å². The molecular weight excluding hydrogens is 271 g/mol. The first-order valence-corrected chi connectivity index (χ1v) is 7.82. The number of amides is 2. The molecule has 19 heavy (non-hydrogen) atoms. The fourth-order valence-corrected chi connectivity index (χ4v) is 2.98. The number of benzene rings is 1. The number of likely N-dealkylation sites (tertiary alicyclic amines) is 1. The van der Waals surface area contributed by atoms with Gasteiger partial charge in [-0.15, -0.1) is 0 Å². The third-order valence-corrected chi connectivity index (χ3v) is 4.73. The molecule has 2 amide bonds. The minimum atomic E-state index is -3.12. The smallest absolute Gasteiger partial charge is 0.321 e. The minimum Gasteiger partial charge on any atom is -0.323 e. The highest BCUT2D eigenvalue weighted by Gasteiger charge is 2.32. The molecule has 0 aliphatic carbocycles. The number of hydrogen-bond donors (Lipinski definition) is 1. The van der Waals surface area contributed by atoms with E-state index in [9.17, 15) is 17.6 Å². The van der Waals surface area contributed by atoms with Crippen LogP contribution in [0.2, 0.25) is 0 Å². The van der Waals surface area contributed by atoms with Crippen molar-refractivity contribution in [1.82, 2.24) is 4.90 Å². The van der Waals surface area contributed by atoms with E-state index in [0.29, 0.717) is 18.7 Å². The summed E-state index contributed by atoms with van der Waals surface area (Å²) in [6.45, 7) is 0.608. The SMILES string of the molecule is CS(=O)(=O)C1CCN(C(=O)Nc2ccc(F)cc2)C1. The Balaban J connectivity index is 1.97. The molecule has 1 saturated heterocycles. The van der Waals surface area contributed by atoms with E-state index in [1.165, 1.54) is 35.4 Å². The van der Waals surface area contributed by atoms with E-state index < -0.39 is 15.1 Å². The van der Waals surface area contributed by atoms with Crippen LogP contribution in [0.1, 0.15) is 6.42 Å². The van der Waals surface area contributed by atoms with Crippen LogP contribution in [-0.4, -0.2) is 43.9 Å². The molecule has 2 rings (SSSR count). The molecule has 1 aliphatic heterocycles. The molecule has 0 saturated carbocycles. The van der Waals surface area contributed by atoms with Gasteiger partial charge in [0.25, 0.3) is 0 Å². The highest BCUT2D eigenvalue weighted by atomic mass is 32.2. The maximum absolute atomic E-state index is 12.7. The van der Waals surface area contributed by atoms with Crippen LogP contribution in [0.4, 0.5) is 14.9 Å². The minimum absolute atomic E-state index is 0.200. The molecule has 1 N–H and O–H groups in total. The van der Waals surface area contributed by atoms with E-state index in [1.54, 1.807) is 0 Å². The van der Waals surface area contributed by atoms with E-state index in [0.717, 1.165) is 0 Å². The number of nitrogens with zero attached hydrogens (tertiary/aromatic N) is 1. The lowest BCUT2D eigenvalue weighted by Crippen LogP contribution is -2.34. The number of rotatable bonds is 2. The Morgan fingerprint density at radius 3 is 2.53 bits per heavy atom. The molecular formula is C12H15FN2O3S. The van der Waals surface area contributed by atoms with Gasteiger partial charge in [-0.2, -0.15) is 0 Å². The van der Waals surface area contributed by atoms with Crippen molar-refractivity contribution in [3.05, 3.63) is 30.1 Å². The first kappa shape index (κ1) is 13.8. The fourth-order valence-electron chi connectivity index (χ4n) is 2.00. The second-order valence-corrected chi connectivity index (χ2v) is 6.95. The summed E-state index contributed by atoms with van der Waals surface area (Å²) < 4.78 is 35.5. The number of halogens is 1. The van der Waals surface area contributed by atoms with Crippen LogP contribution >= 0.6 is 0 Å². The van der Waals surface area contributed by atoms with E-state index in [4.69, 9.17) is 0 Å². The van der Waals surface area contributed by atoms with Crippen LogP contribution < -0.4 is 5.32 Å². The van der Waals surface area contributed by atoms with Gasteiger partial charge < -0.3 is 10.2 Å². The standard InChI is InChI=1S/C12H15FN2O3S/c1-19(17,18)11-6-7-15(8-11)12(16)14-10-4-2-9(13)3-5-10/h2-5,11H,6-8H2,1H3,(H,14,16). The van der Waals surface area contributed by atoms with Crippen molar-refractivity contribution in [2.45, 2.75) is 11.7 Å². The second kappa shape index (κ2) is 5.16. The maximum atomic E-state index is 12.7.